The van der Waals surface area contributed by atoms with Gasteiger partial charge >= 0.3 is 0 Å². The van der Waals surface area contributed by atoms with Gasteiger partial charge in [-0.3, -0.25) is 14.8 Å². The van der Waals surface area contributed by atoms with Crippen LogP contribution in [0.5, 0.6) is 0 Å². The number of hydrogen-bond donors (Lipinski definition) is 2. The van der Waals surface area contributed by atoms with E-state index in [4.69, 9.17) is 16.7 Å². The van der Waals surface area contributed by atoms with E-state index in [-0.39, 0.29) is 5.91 Å². The average molecular weight is 542 g/mol. The van der Waals surface area contributed by atoms with E-state index < -0.39 is 0 Å². The van der Waals surface area contributed by atoms with Gasteiger partial charge in [-0.25, -0.2) is 9.67 Å². The molecule has 8 nitrogen and oxygen atoms in total. The molecule has 2 aromatic carbocycles. The molecule has 5 aromatic rings. The van der Waals surface area contributed by atoms with Crippen molar-refractivity contribution in [1.29, 1.82) is 0 Å². The number of benzene rings is 2. The van der Waals surface area contributed by atoms with Gasteiger partial charge in [0.05, 0.1) is 33.2 Å². The van der Waals surface area contributed by atoms with Crippen LogP contribution < -0.4 is 10.6 Å². The highest BCUT2D eigenvalue weighted by atomic mass is 35.5. The van der Waals surface area contributed by atoms with Gasteiger partial charge in [0.1, 0.15) is 11.4 Å². The number of carbonyl (C=O) groups is 1. The molecule has 6 rings (SSSR count). The van der Waals surface area contributed by atoms with E-state index in [0.717, 1.165) is 58.2 Å². The molecule has 0 saturated heterocycles. The average Bonchev–Trinajstić information content (AvgIpc) is 3.50. The molecular weight excluding hydrogens is 518 g/mol. The Bertz CT molecular complexity index is 1620. The standard InChI is InChI=1S/C28H24ClN7OS/c1-17(37)33-28-34-22-9-8-20-25(23-16-30-11-12-32-23)35-36(26(20)27(22)38-28)24-10-7-19(13-21(24)29)15-31-14-18-5-3-2-4-6-18/h2-7,10-13,16,31H,8-9,14-15H2,1H3,(H,33,34,37). The summed E-state index contributed by atoms with van der Waals surface area (Å²) in [4.78, 5) is 26.1. The van der Waals surface area contributed by atoms with Gasteiger partial charge in [0.25, 0.3) is 0 Å². The summed E-state index contributed by atoms with van der Waals surface area (Å²) in [7, 11) is 0. The molecule has 1 amide bonds. The number of nitrogens with one attached hydrogen (secondary N) is 2. The number of halogens is 1. The Kier molecular flexibility index (Phi) is 6.71. The summed E-state index contributed by atoms with van der Waals surface area (Å²) < 4.78 is 1.89. The Labute approximate surface area is 228 Å². The van der Waals surface area contributed by atoms with Gasteiger partial charge in [0.15, 0.2) is 5.13 Å². The van der Waals surface area contributed by atoms with Crippen molar-refractivity contribution in [3.05, 3.63) is 94.5 Å². The molecule has 0 saturated carbocycles. The number of amides is 1. The van der Waals surface area contributed by atoms with Crippen molar-refractivity contribution in [1.82, 2.24) is 30.0 Å². The van der Waals surface area contributed by atoms with Gasteiger partial charge < -0.3 is 10.6 Å². The van der Waals surface area contributed by atoms with E-state index in [1.54, 1.807) is 18.6 Å². The number of carbonyl (C=O) groups excluding carboxylic acids is 1. The highest BCUT2D eigenvalue weighted by Gasteiger charge is 2.31. The molecule has 1 aliphatic rings. The maximum atomic E-state index is 11.7. The summed E-state index contributed by atoms with van der Waals surface area (Å²) in [5.41, 5.74) is 7.50. The van der Waals surface area contributed by atoms with E-state index in [1.807, 2.05) is 35.0 Å². The molecule has 2 N–H and O–H groups in total. The van der Waals surface area contributed by atoms with Crippen LogP contribution in [0.1, 0.15) is 29.3 Å². The third kappa shape index (κ3) is 4.83. The van der Waals surface area contributed by atoms with Crippen LogP contribution in [0, 0.1) is 0 Å². The van der Waals surface area contributed by atoms with E-state index in [1.165, 1.54) is 23.8 Å². The fourth-order valence-electron chi connectivity index (χ4n) is 4.65. The summed E-state index contributed by atoms with van der Waals surface area (Å²) in [5.74, 6) is -0.149. The van der Waals surface area contributed by atoms with E-state index in [0.29, 0.717) is 22.4 Å². The summed E-state index contributed by atoms with van der Waals surface area (Å²) in [5, 5.41) is 12.5. The van der Waals surface area contributed by atoms with Crippen LogP contribution in [0.25, 0.3) is 27.6 Å². The lowest BCUT2D eigenvalue weighted by Crippen LogP contribution is -2.13. The number of hydrogen-bond acceptors (Lipinski definition) is 7. The molecule has 0 bridgehead atoms. The predicted octanol–water partition coefficient (Wildman–Crippen LogP) is 5.45. The molecule has 10 heteroatoms. The van der Waals surface area contributed by atoms with Crippen molar-refractivity contribution in [2.75, 3.05) is 5.32 Å². The molecule has 3 aromatic heterocycles. The second-order valence-electron chi connectivity index (χ2n) is 9.03. The molecule has 0 spiro atoms. The number of anilines is 1. The maximum Gasteiger partial charge on any atom is 0.223 e. The summed E-state index contributed by atoms with van der Waals surface area (Å²) in [6.45, 7) is 2.95. The highest BCUT2D eigenvalue weighted by molar-refractivity contribution is 7.19. The summed E-state index contributed by atoms with van der Waals surface area (Å²) in [6, 6.07) is 16.3. The fraction of sp³-hybridized carbons (Fsp3) is 0.179. The topological polar surface area (TPSA) is 97.6 Å². The lowest BCUT2D eigenvalue weighted by molar-refractivity contribution is -0.114. The van der Waals surface area contributed by atoms with Gasteiger partial charge in [0, 0.05) is 38.0 Å². The Morgan fingerprint density at radius 2 is 1.92 bits per heavy atom. The first-order valence-corrected chi connectivity index (χ1v) is 13.5. The number of fused-ring (bicyclic) bond motifs is 3. The normalized spacial score (nSPS) is 12.2. The SMILES string of the molecule is CC(=O)Nc1nc2c(s1)-c1c(c(-c3cnccn3)nn1-c1ccc(CNCc3ccccc3)cc1Cl)CC2. The number of aromatic nitrogens is 5. The number of thiazole rings is 1. The van der Waals surface area contributed by atoms with Crippen LogP contribution in [0.3, 0.4) is 0 Å². The molecule has 190 valence electrons. The molecule has 0 atom stereocenters. The van der Waals surface area contributed by atoms with Crippen LogP contribution >= 0.6 is 22.9 Å². The van der Waals surface area contributed by atoms with Crippen LogP contribution in [0.2, 0.25) is 5.02 Å². The van der Waals surface area contributed by atoms with Crippen molar-refractivity contribution >= 4 is 34.0 Å². The highest BCUT2D eigenvalue weighted by Crippen LogP contribution is 2.44. The van der Waals surface area contributed by atoms with Crippen molar-refractivity contribution < 1.29 is 4.79 Å². The fourth-order valence-corrected chi connectivity index (χ4v) is 6.05. The van der Waals surface area contributed by atoms with Crippen molar-refractivity contribution in [2.24, 2.45) is 0 Å². The number of rotatable bonds is 7. The van der Waals surface area contributed by atoms with E-state index in [9.17, 15) is 4.79 Å². The molecular formula is C28H24ClN7OS. The van der Waals surface area contributed by atoms with Gasteiger partial charge in [0.2, 0.25) is 5.91 Å². The summed E-state index contributed by atoms with van der Waals surface area (Å²) >= 11 is 8.32. The molecule has 0 aliphatic heterocycles. The van der Waals surface area contributed by atoms with Gasteiger partial charge in [-0.15, -0.1) is 0 Å². The zero-order chi connectivity index (χ0) is 26.1. The van der Waals surface area contributed by atoms with Crippen molar-refractivity contribution in [2.45, 2.75) is 32.9 Å². The first-order chi connectivity index (χ1) is 18.6. The molecule has 38 heavy (non-hydrogen) atoms. The van der Waals surface area contributed by atoms with Gasteiger partial charge in [-0.05, 0) is 36.1 Å². The monoisotopic (exact) mass is 541 g/mol. The third-order valence-electron chi connectivity index (χ3n) is 6.34. The van der Waals surface area contributed by atoms with Crippen molar-refractivity contribution in [3.8, 4) is 27.6 Å². The Balaban J connectivity index is 1.38. The van der Waals surface area contributed by atoms with Crippen LogP contribution in [-0.2, 0) is 30.7 Å². The lowest BCUT2D eigenvalue weighted by Gasteiger charge is -2.15. The first kappa shape index (κ1) is 24.4. The zero-order valence-corrected chi connectivity index (χ0v) is 22.2. The summed E-state index contributed by atoms with van der Waals surface area (Å²) in [6.07, 6.45) is 6.53. The Morgan fingerprint density at radius 1 is 1.08 bits per heavy atom. The minimum atomic E-state index is -0.149. The quantitative estimate of drug-likeness (QED) is 0.284. The second kappa shape index (κ2) is 10.4. The van der Waals surface area contributed by atoms with Crippen LogP contribution in [0.4, 0.5) is 5.13 Å². The Morgan fingerprint density at radius 3 is 2.68 bits per heavy atom. The molecule has 0 fully saturated rings. The van der Waals surface area contributed by atoms with Crippen LogP contribution in [0.15, 0.2) is 67.1 Å². The lowest BCUT2D eigenvalue weighted by atomic mass is 9.96. The number of nitrogens with zero attached hydrogens (tertiary/aromatic N) is 5. The van der Waals surface area contributed by atoms with E-state index in [2.05, 4.69) is 43.8 Å². The van der Waals surface area contributed by atoms with Gasteiger partial charge in [-0.2, -0.15) is 5.10 Å². The first-order valence-electron chi connectivity index (χ1n) is 12.3. The smallest absolute Gasteiger partial charge is 0.223 e. The molecule has 0 radical (unpaired) electrons. The minimum absolute atomic E-state index is 0.149. The molecule has 3 heterocycles. The molecule has 0 unspecified atom stereocenters. The third-order valence-corrected chi connectivity index (χ3v) is 7.66. The number of aryl methyl sites for hydroxylation is 1. The molecule has 1 aliphatic carbocycles. The largest absolute Gasteiger partial charge is 0.309 e. The minimum Gasteiger partial charge on any atom is -0.309 e. The van der Waals surface area contributed by atoms with Crippen molar-refractivity contribution in [3.63, 3.8) is 0 Å². The predicted molar refractivity (Wildman–Crippen MR) is 149 cm³/mol. The van der Waals surface area contributed by atoms with Gasteiger partial charge in [-0.1, -0.05) is 59.3 Å². The van der Waals surface area contributed by atoms with E-state index >= 15 is 0 Å². The second-order valence-corrected chi connectivity index (χ2v) is 10.4. The Hall–Kier alpha value is -3.92. The maximum absolute atomic E-state index is 11.7. The zero-order valence-electron chi connectivity index (χ0n) is 20.6. The van der Waals surface area contributed by atoms with Crippen LogP contribution in [-0.4, -0.2) is 30.6 Å².